The summed E-state index contributed by atoms with van der Waals surface area (Å²) in [7, 11) is 0. The Morgan fingerprint density at radius 3 is 1.71 bits per heavy atom. The lowest BCUT2D eigenvalue weighted by atomic mass is 9.83. The second kappa shape index (κ2) is 9.72. The molecule has 0 radical (unpaired) electrons. The Morgan fingerprint density at radius 2 is 1.03 bits per heavy atom. The maximum atomic E-state index is 6.52. The second-order valence-electron chi connectivity index (χ2n) is 10.7. The molecule has 0 atom stereocenters. The van der Waals surface area contributed by atoms with Gasteiger partial charge in [-0.25, -0.2) is 0 Å². The van der Waals surface area contributed by atoms with E-state index in [1.165, 1.54) is 22.1 Å². The van der Waals surface area contributed by atoms with Crippen LogP contribution in [0.3, 0.4) is 0 Å². The summed E-state index contributed by atoms with van der Waals surface area (Å²) < 4.78 is 6.52. The average Bonchev–Trinajstić information content (AvgIpc) is 3.35. The van der Waals surface area contributed by atoms with Crippen LogP contribution < -0.4 is 4.90 Å². The zero-order chi connectivity index (χ0) is 26.1. The van der Waals surface area contributed by atoms with Gasteiger partial charge in [0, 0.05) is 33.6 Å². The van der Waals surface area contributed by atoms with E-state index in [-0.39, 0.29) is 5.41 Å². The van der Waals surface area contributed by atoms with Crippen LogP contribution >= 0.6 is 0 Å². The molecule has 0 saturated heterocycles. The summed E-state index contributed by atoms with van der Waals surface area (Å²) in [5, 5.41) is 1.18. The lowest BCUT2D eigenvalue weighted by Gasteiger charge is -2.26. The fourth-order valence-electron chi connectivity index (χ4n) is 5.26. The van der Waals surface area contributed by atoms with Crippen LogP contribution in [0.5, 0.6) is 0 Å². The van der Waals surface area contributed by atoms with Crippen molar-refractivity contribution in [1.29, 1.82) is 0 Å². The minimum atomic E-state index is -0.0684. The monoisotopic (exact) mass is 493 g/mol. The van der Waals surface area contributed by atoms with Gasteiger partial charge < -0.3 is 9.32 Å². The molecule has 2 nitrogen and oxygen atoms in total. The molecule has 2 heteroatoms. The summed E-state index contributed by atoms with van der Waals surface area (Å²) in [6.45, 7) is 6.76. The van der Waals surface area contributed by atoms with Gasteiger partial charge in [-0.15, -0.1) is 0 Å². The number of hydrogen-bond acceptors (Lipinski definition) is 2. The standard InChI is InChI=1S/C36H31NO/c1-36(2,3)34-32-22-10-11-23-33(32)38-35(34)28-17-13-21-31(25-28)37(29-18-8-5-9-19-29)30-20-12-16-27(24-30)26-14-6-4-7-15-26/h4-25H,1-3H3. The summed E-state index contributed by atoms with van der Waals surface area (Å²) in [5.41, 5.74) is 8.85. The molecule has 0 N–H and O–H groups in total. The number of fused-ring (bicyclic) bond motifs is 1. The van der Waals surface area contributed by atoms with Crippen molar-refractivity contribution in [1.82, 2.24) is 0 Å². The number of rotatable bonds is 5. The van der Waals surface area contributed by atoms with Crippen molar-refractivity contribution in [3.05, 3.63) is 139 Å². The van der Waals surface area contributed by atoms with Crippen molar-refractivity contribution in [3.63, 3.8) is 0 Å². The molecule has 0 spiro atoms. The molecule has 0 fully saturated rings. The Balaban J connectivity index is 1.52. The highest BCUT2D eigenvalue weighted by molar-refractivity contribution is 5.90. The van der Waals surface area contributed by atoms with Gasteiger partial charge in [-0.05, 0) is 59.0 Å². The minimum absolute atomic E-state index is 0.0684. The normalized spacial score (nSPS) is 11.6. The molecule has 1 aromatic heterocycles. The zero-order valence-corrected chi connectivity index (χ0v) is 22.1. The molecule has 38 heavy (non-hydrogen) atoms. The highest BCUT2D eigenvalue weighted by atomic mass is 16.3. The Bertz CT molecular complexity index is 1690. The first-order valence-electron chi connectivity index (χ1n) is 13.1. The third-order valence-electron chi connectivity index (χ3n) is 6.94. The van der Waals surface area contributed by atoms with Crippen molar-refractivity contribution in [2.45, 2.75) is 26.2 Å². The summed E-state index contributed by atoms with van der Waals surface area (Å²) in [6.07, 6.45) is 0. The molecule has 0 unspecified atom stereocenters. The number of anilines is 3. The number of benzene rings is 5. The van der Waals surface area contributed by atoms with E-state index in [2.05, 4.69) is 153 Å². The molecule has 6 rings (SSSR count). The van der Waals surface area contributed by atoms with Gasteiger partial charge in [-0.2, -0.15) is 0 Å². The highest BCUT2D eigenvalue weighted by Gasteiger charge is 2.26. The lowest BCUT2D eigenvalue weighted by Crippen LogP contribution is -2.12. The molecular weight excluding hydrogens is 462 g/mol. The fourth-order valence-corrected chi connectivity index (χ4v) is 5.26. The van der Waals surface area contributed by atoms with Crippen LogP contribution in [0.15, 0.2) is 138 Å². The molecule has 186 valence electrons. The Kier molecular flexibility index (Phi) is 6.09. The van der Waals surface area contributed by atoms with Gasteiger partial charge in [-0.1, -0.05) is 112 Å². The van der Waals surface area contributed by atoms with E-state index in [0.29, 0.717) is 0 Å². The Hall–Kier alpha value is -4.56. The molecule has 5 aromatic carbocycles. The molecule has 0 aliphatic heterocycles. The van der Waals surface area contributed by atoms with Crippen LogP contribution in [-0.2, 0) is 5.41 Å². The first-order chi connectivity index (χ1) is 18.5. The molecular formula is C36H31NO. The van der Waals surface area contributed by atoms with Crippen molar-refractivity contribution < 1.29 is 4.42 Å². The van der Waals surface area contributed by atoms with Crippen molar-refractivity contribution in [2.24, 2.45) is 0 Å². The summed E-state index contributed by atoms with van der Waals surface area (Å²) in [4.78, 5) is 2.31. The van der Waals surface area contributed by atoms with Gasteiger partial charge in [0.2, 0.25) is 0 Å². The summed E-state index contributed by atoms with van der Waals surface area (Å²) in [6, 6.07) is 46.9. The van der Waals surface area contributed by atoms with Crippen molar-refractivity contribution in [3.8, 4) is 22.5 Å². The Morgan fingerprint density at radius 1 is 0.500 bits per heavy atom. The molecule has 0 bridgehead atoms. The number of para-hydroxylation sites is 2. The topological polar surface area (TPSA) is 16.4 Å². The molecule has 0 amide bonds. The van der Waals surface area contributed by atoms with Gasteiger partial charge in [0.1, 0.15) is 11.3 Å². The molecule has 0 saturated carbocycles. The molecule has 1 heterocycles. The molecule has 0 aliphatic carbocycles. The molecule has 6 aromatic rings. The number of nitrogens with zero attached hydrogens (tertiary/aromatic N) is 1. The predicted molar refractivity (Wildman–Crippen MR) is 160 cm³/mol. The van der Waals surface area contributed by atoms with Crippen molar-refractivity contribution in [2.75, 3.05) is 4.90 Å². The molecule has 0 aliphatic rings. The van der Waals surface area contributed by atoms with E-state index in [4.69, 9.17) is 4.42 Å². The SMILES string of the molecule is CC(C)(C)c1c(-c2cccc(N(c3ccccc3)c3cccc(-c4ccccc4)c3)c2)oc2ccccc12. The first-order valence-corrected chi connectivity index (χ1v) is 13.1. The smallest absolute Gasteiger partial charge is 0.139 e. The number of hydrogen-bond donors (Lipinski definition) is 0. The van der Waals surface area contributed by atoms with Gasteiger partial charge in [0.25, 0.3) is 0 Å². The van der Waals surface area contributed by atoms with E-state index in [9.17, 15) is 0 Å². The fraction of sp³-hybridized carbons (Fsp3) is 0.111. The van der Waals surface area contributed by atoms with Crippen LogP contribution in [-0.4, -0.2) is 0 Å². The average molecular weight is 494 g/mol. The number of furan rings is 1. The Labute approximate surface area is 224 Å². The lowest BCUT2D eigenvalue weighted by molar-refractivity contribution is 0.568. The van der Waals surface area contributed by atoms with Crippen LogP contribution in [0.4, 0.5) is 17.1 Å². The van der Waals surface area contributed by atoms with Crippen LogP contribution in [0.1, 0.15) is 26.3 Å². The van der Waals surface area contributed by atoms with E-state index in [1.54, 1.807) is 0 Å². The van der Waals surface area contributed by atoms with Gasteiger partial charge in [0.05, 0.1) is 0 Å². The van der Waals surface area contributed by atoms with E-state index >= 15 is 0 Å². The third kappa shape index (κ3) is 4.50. The quantitative estimate of drug-likeness (QED) is 0.237. The maximum absolute atomic E-state index is 6.52. The second-order valence-corrected chi connectivity index (χ2v) is 10.7. The first kappa shape index (κ1) is 23.8. The van der Waals surface area contributed by atoms with E-state index < -0.39 is 0 Å². The van der Waals surface area contributed by atoms with Crippen LogP contribution in [0, 0.1) is 0 Å². The third-order valence-corrected chi connectivity index (χ3v) is 6.94. The van der Waals surface area contributed by atoms with Gasteiger partial charge in [0.15, 0.2) is 0 Å². The largest absolute Gasteiger partial charge is 0.456 e. The van der Waals surface area contributed by atoms with Crippen molar-refractivity contribution >= 4 is 28.0 Å². The minimum Gasteiger partial charge on any atom is -0.456 e. The van der Waals surface area contributed by atoms with Crippen LogP contribution in [0.2, 0.25) is 0 Å². The van der Waals surface area contributed by atoms with Gasteiger partial charge >= 0.3 is 0 Å². The predicted octanol–water partition coefficient (Wildman–Crippen LogP) is 10.5. The summed E-state index contributed by atoms with van der Waals surface area (Å²) in [5.74, 6) is 0.937. The summed E-state index contributed by atoms with van der Waals surface area (Å²) >= 11 is 0. The van der Waals surface area contributed by atoms with Crippen LogP contribution in [0.25, 0.3) is 33.4 Å². The van der Waals surface area contributed by atoms with E-state index in [1.807, 2.05) is 6.07 Å². The zero-order valence-electron chi connectivity index (χ0n) is 22.1. The van der Waals surface area contributed by atoms with Gasteiger partial charge in [-0.3, -0.25) is 0 Å². The highest BCUT2D eigenvalue weighted by Crippen LogP contribution is 2.43. The maximum Gasteiger partial charge on any atom is 0.139 e. The van der Waals surface area contributed by atoms with E-state index in [0.717, 1.165) is 34.0 Å².